The third-order valence-electron chi connectivity index (χ3n) is 3.34. The maximum Gasteiger partial charge on any atom is 0.147 e. The number of aliphatic hydroxyl groups is 1. The van der Waals surface area contributed by atoms with Gasteiger partial charge in [-0.15, -0.1) is 0 Å². The smallest absolute Gasteiger partial charge is 0.147 e. The first-order chi connectivity index (χ1) is 9.99. The molecular formula is C16H16BrClO3. The van der Waals surface area contributed by atoms with Crippen LogP contribution in [0.2, 0.25) is 5.02 Å². The third kappa shape index (κ3) is 3.18. The molecule has 0 aromatic heterocycles. The molecule has 0 bridgehead atoms. The first-order valence-electron chi connectivity index (χ1n) is 6.34. The number of hydrogen-bond donors (Lipinski definition) is 1. The van der Waals surface area contributed by atoms with E-state index in [-0.39, 0.29) is 0 Å². The topological polar surface area (TPSA) is 38.7 Å². The second-order valence-corrected chi connectivity index (χ2v) is 5.90. The number of benzene rings is 2. The summed E-state index contributed by atoms with van der Waals surface area (Å²) in [6.07, 6.45) is -0.823. The lowest BCUT2D eigenvalue weighted by molar-refractivity contribution is 0.213. The number of aryl methyl sites for hydroxylation is 1. The van der Waals surface area contributed by atoms with Gasteiger partial charge in [-0.3, -0.25) is 0 Å². The Morgan fingerprint density at radius 3 is 2.33 bits per heavy atom. The largest absolute Gasteiger partial charge is 0.495 e. The highest BCUT2D eigenvalue weighted by atomic mass is 79.9. The van der Waals surface area contributed by atoms with Gasteiger partial charge in [-0.2, -0.15) is 0 Å². The van der Waals surface area contributed by atoms with Crippen molar-refractivity contribution >= 4 is 27.5 Å². The Morgan fingerprint density at radius 1 is 1.10 bits per heavy atom. The van der Waals surface area contributed by atoms with Crippen molar-refractivity contribution in [2.45, 2.75) is 13.0 Å². The summed E-state index contributed by atoms with van der Waals surface area (Å²) >= 11 is 9.66. The molecule has 3 nitrogen and oxygen atoms in total. The van der Waals surface area contributed by atoms with E-state index in [2.05, 4.69) is 15.9 Å². The highest BCUT2D eigenvalue weighted by molar-refractivity contribution is 9.10. The standard InChI is InChI=1S/C16H16BrClO3/c1-9-8-10(17)4-5-11(9)15(19)12-6-7-13(20-2)14(18)16(12)21-3/h4-8,15,19H,1-3H3. The molecule has 5 heteroatoms. The Morgan fingerprint density at radius 2 is 1.76 bits per heavy atom. The van der Waals surface area contributed by atoms with Crippen molar-refractivity contribution in [3.63, 3.8) is 0 Å². The van der Waals surface area contributed by atoms with Crippen molar-refractivity contribution in [3.05, 3.63) is 56.5 Å². The number of rotatable bonds is 4. The Hall–Kier alpha value is -1.23. The van der Waals surface area contributed by atoms with Crippen molar-refractivity contribution in [1.29, 1.82) is 0 Å². The summed E-state index contributed by atoms with van der Waals surface area (Å²) in [6.45, 7) is 1.95. The molecule has 1 atom stereocenters. The number of ether oxygens (including phenoxy) is 2. The molecule has 0 fully saturated rings. The van der Waals surface area contributed by atoms with E-state index in [9.17, 15) is 5.11 Å². The number of hydrogen-bond acceptors (Lipinski definition) is 3. The molecule has 0 radical (unpaired) electrons. The molecule has 0 aliphatic heterocycles. The van der Waals surface area contributed by atoms with E-state index in [1.807, 2.05) is 25.1 Å². The lowest BCUT2D eigenvalue weighted by atomic mass is 9.97. The second-order valence-electron chi connectivity index (χ2n) is 4.61. The summed E-state index contributed by atoms with van der Waals surface area (Å²) < 4.78 is 11.5. The van der Waals surface area contributed by atoms with Gasteiger partial charge < -0.3 is 14.6 Å². The molecular weight excluding hydrogens is 356 g/mol. The fourth-order valence-electron chi connectivity index (χ4n) is 2.25. The monoisotopic (exact) mass is 370 g/mol. The van der Waals surface area contributed by atoms with Crippen LogP contribution in [0.25, 0.3) is 0 Å². The van der Waals surface area contributed by atoms with Crippen LogP contribution in [0.1, 0.15) is 22.8 Å². The predicted octanol–water partition coefficient (Wildman–Crippen LogP) is 4.51. The van der Waals surface area contributed by atoms with Crippen molar-refractivity contribution in [2.24, 2.45) is 0 Å². The van der Waals surface area contributed by atoms with Gasteiger partial charge in [0.2, 0.25) is 0 Å². The van der Waals surface area contributed by atoms with Crippen LogP contribution >= 0.6 is 27.5 Å². The molecule has 0 aliphatic carbocycles. The fourth-order valence-corrected chi connectivity index (χ4v) is 3.05. The summed E-state index contributed by atoms with van der Waals surface area (Å²) in [4.78, 5) is 0. The minimum atomic E-state index is -0.823. The van der Waals surface area contributed by atoms with Crippen LogP contribution in [-0.4, -0.2) is 19.3 Å². The summed E-state index contributed by atoms with van der Waals surface area (Å²) in [6, 6.07) is 9.20. The first kappa shape index (κ1) is 16.1. The number of methoxy groups -OCH3 is 2. The van der Waals surface area contributed by atoms with Crippen molar-refractivity contribution in [2.75, 3.05) is 14.2 Å². The van der Waals surface area contributed by atoms with Crippen LogP contribution in [0.15, 0.2) is 34.8 Å². The zero-order chi connectivity index (χ0) is 15.6. The van der Waals surface area contributed by atoms with Crippen molar-refractivity contribution < 1.29 is 14.6 Å². The molecule has 0 spiro atoms. The van der Waals surface area contributed by atoms with Crippen LogP contribution < -0.4 is 9.47 Å². The normalized spacial score (nSPS) is 12.1. The first-order valence-corrected chi connectivity index (χ1v) is 7.51. The van der Waals surface area contributed by atoms with Crippen molar-refractivity contribution in [1.82, 2.24) is 0 Å². The molecule has 2 aromatic carbocycles. The zero-order valence-electron chi connectivity index (χ0n) is 12.0. The van der Waals surface area contributed by atoms with E-state index < -0.39 is 6.10 Å². The van der Waals surface area contributed by atoms with Crippen LogP contribution in [0.3, 0.4) is 0 Å². The van der Waals surface area contributed by atoms with Crippen molar-refractivity contribution in [3.8, 4) is 11.5 Å². The molecule has 0 saturated carbocycles. The predicted molar refractivity (Wildman–Crippen MR) is 87.5 cm³/mol. The summed E-state index contributed by atoms with van der Waals surface area (Å²) in [5.74, 6) is 0.933. The van der Waals surface area contributed by atoms with Gasteiger partial charge >= 0.3 is 0 Å². The Bertz CT molecular complexity index is 658. The number of aliphatic hydroxyl groups excluding tert-OH is 1. The SMILES string of the molecule is COc1ccc(C(O)c2ccc(Br)cc2C)c(OC)c1Cl. The summed E-state index contributed by atoms with van der Waals surface area (Å²) in [5, 5.41) is 11.0. The van der Waals surface area contributed by atoms with Gasteiger partial charge in [0.1, 0.15) is 22.6 Å². The van der Waals surface area contributed by atoms with E-state index in [0.717, 1.165) is 15.6 Å². The Labute approximate surface area is 137 Å². The minimum Gasteiger partial charge on any atom is -0.495 e. The van der Waals surface area contributed by atoms with Crippen LogP contribution in [0.4, 0.5) is 0 Å². The quantitative estimate of drug-likeness (QED) is 0.859. The molecule has 0 amide bonds. The van der Waals surface area contributed by atoms with E-state index in [0.29, 0.717) is 22.1 Å². The average Bonchev–Trinajstić information content (AvgIpc) is 2.46. The molecule has 21 heavy (non-hydrogen) atoms. The Kier molecular flexibility index (Phi) is 5.14. The Balaban J connectivity index is 2.52. The molecule has 112 valence electrons. The lowest BCUT2D eigenvalue weighted by Crippen LogP contribution is -2.05. The molecule has 1 unspecified atom stereocenters. The van der Waals surface area contributed by atoms with Gasteiger partial charge in [0.25, 0.3) is 0 Å². The molecule has 2 aromatic rings. The van der Waals surface area contributed by atoms with Gasteiger partial charge in [0.15, 0.2) is 0 Å². The maximum atomic E-state index is 10.7. The fraction of sp³-hybridized carbons (Fsp3) is 0.250. The lowest BCUT2D eigenvalue weighted by Gasteiger charge is -2.19. The second kappa shape index (κ2) is 6.69. The average molecular weight is 372 g/mol. The van der Waals surface area contributed by atoms with Gasteiger partial charge in [-0.25, -0.2) is 0 Å². The molecule has 0 aliphatic rings. The zero-order valence-corrected chi connectivity index (χ0v) is 14.3. The summed E-state index contributed by atoms with van der Waals surface area (Å²) in [5.41, 5.74) is 2.39. The molecule has 2 rings (SSSR count). The van der Waals surface area contributed by atoms with Gasteiger partial charge in [0.05, 0.1) is 14.2 Å². The minimum absolute atomic E-state index is 0.353. The third-order valence-corrected chi connectivity index (χ3v) is 4.19. The van der Waals surface area contributed by atoms with Crippen LogP contribution in [0.5, 0.6) is 11.5 Å². The van der Waals surface area contributed by atoms with E-state index in [4.69, 9.17) is 21.1 Å². The number of halogens is 2. The maximum absolute atomic E-state index is 10.7. The highest BCUT2D eigenvalue weighted by Gasteiger charge is 2.21. The van der Waals surface area contributed by atoms with Crippen LogP contribution in [-0.2, 0) is 0 Å². The van der Waals surface area contributed by atoms with E-state index >= 15 is 0 Å². The van der Waals surface area contributed by atoms with Gasteiger partial charge in [-0.1, -0.05) is 33.6 Å². The van der Waals surface area contributed by atoms with E-state index in [1.165, 1.54) is 14.2 Å². The van der Waals surface area contributed by atoms with Gasteiger partial charge in [-0.05, 0) is 42.3 Å². The summed E-state index contributed by atoms with van der Waals surface area (Å²) in [7, 11) is 3.06. The molecule has 0 saturated heterocycles. The highest BCUT2D eigenvalue weighted by Crippen LogP contribution is 2.41. The van der Waals surface area contributed by atoms with Crippen LogP contribution in [0, 0.1) is 6.92 Å². The van der Waals surface area contributed by atoms with Gasteiger partial charge in [0, 0.05) is 10.0 Å². The molecule has 0 heterocycles. The molecule has 1 N–H and O–H groups in total. The van der Waals surface area contributed by atoms with E-state index in [1.54, 1.807) is 12.1 Å².